The molecule has 0 spiro atoms. The van der Waals surface area contributed by atoms with Crippen LogP contribution >= 0.6 is 11.3 Å². The van der Waals surface area contributed by atoms with Crippen LogP contribution in [0.25, 0.3) is 0 Å². The zero-order chi connectivity index (χ0) is 16.8. The minimum Gasteiger partial charge on any atom is -0.453 e. The average Bonchev–Trinajstić information content (AvgIpc) is 3.29. The minimum atomic E-state index is -0.418. The molecule has 0 aliphatic heterocycles. The number of nitrogens with zero attached hydrogens (tertiary/aromatic N) is 1. The number of carbonyl (C=O) groups excluding carboxylic acids is 1. The van der Waals surface area contributed by atoms with E-state index in [0.717, 1.165) is 23.5 Å². The van der Waals surface area contributed by atoms with Crippen molar-refractivity contribution in [1.29, 1.82) is 0 Å². The number of methoxy groups -OCH3 is 1. The van der Waals surface area contributed by atoms with E-state index < -0.39 is 6.09 Å². The Morgan fingerprint density at radius 1 is 1.25 bits per heavy atom. The molecule has 2 N–H and O–H groups in total. The Bertz CT molecular complexity index is 663. The van der Waals surface area contributed by atoms with Crippen molar-refractivity contribution in [2.45, 2.75) is 44.7 Å². The van der Waals surface area contributed by atoms with Crippen LogP contribution in [0.15, 0.2) is 29.6 Å². The number of carbonyl (C=O) groups is 1. The second-order valence-corrected chi connectivity index (χ2v) is 6.94. The van der Waals surface area contributed by atoms with Crippen LogP contribution < -0.4 is 10.6 Å². The monoisotopic (exact) mass is 345 g/mol. The van der Waals surface area contributed by atoms with Gasteiger partial charge in [-0.3, -0.25) is 0 Å². The molecule has 5 nitrogen and oxygen atoms in total. The van der Waals surface area contributed by atoms with Crippen LogP contribution in [-0.2, 0) is 17.8 Å². The van der Waals surface area contributed by atoms with Crippen LogP contribution in [0, 0.1) is 0 Å². The second-order valence-electron chi connectivity index (χ2n) is 6.05. The van der Waals surface area contributed by atoms with Gasteiger partial charge in [-0.1, -0.05) is 25.0 Å². The molecular weight excluding hydrogens is 322 g/mol. The van der Waals surface area contributed by atoms with Gasteiger partial charge in [0.15, 0.2) is 0 Å². The third kappa shape index (κ3) is 4.47. The summed E-state index contributed by atoms with van der Waals surface area (Å²) in [7, 11) is 1.36. The van der Waals surface area contributed by atoms with Crippen LogP contribution in [0.2, 0.25) is 0 Å². The standard InChI is InChI=1S/C18H23N3O2S/c1-23-18(22)20-10-13-6-8-15(9-7-13)19-11-16-12-24-17(21-16)14-4-2-3-5-14/h6-9,12,14,19H,2-5,10-11H2,1H3,(H,20,22). The van der Waals surface area contributed by atoms with Gasteiger partial charge in [-0.25, -0.2) is 9.78 Å². The lowest BCUT2D eigenvalue weighted by Crippen LogP contribution is -2.22. The number of hydrogen-bond donors (Lipinski definition) is 2. The number of hydrogen-bond acceptors (Lipinski definition) is 5. The SMILES string of the molecule is COC(=O)NCc1ccc(NCc2csc(C3CCCC3)n2)cc1. The fourth-order valence-electron chi connectivity index (χ4n) is 2.94. The summed E-state index contributed by atoms with van der Waals surface area (Å²) in [5.74, 6) is 0.686. The predicted octanol–water partition coefficient (Wildman–Crippen LogP) is 4.27. The third-order valence-electron chi connectivity index (χ3n) is 4.32. The summed E-state index contributed by atoms with van der Waals surface area (Å²) in [5, 5.41) is 9.53. The molecule has 1 fully saturated rings. The van der Waals surface area contributed by atoms with Gasteiger partial charge in [0, 0.05) is 23.5 Å². The summed E-state index contributed by atoms with van der Waals surface area (Å²) in [5.41, 5.74) is 3.19. The maximum atomic E-state index is 11.1. The Morgan fingerprint density at radius 3 is 2.71 bits per heavy atom. The van der Waals surface area contributed by atoms with Crippen LogP contribution in [0.5, 0.6) is 0 Å². The first kappa shape index (κ1) is 16.8. The van der Waals surface area contributed by atoms with Gasteiger partial charge in [-0.05, 0) is 30.5 Å². The first-order valence-electron chi connectivity index (χ1n) is 8.33. The number of rotatable bonds is 6. The minimum absolute atomic E-state index is 0.418. The lowest BCUT2D eigenvalue weighted by atomic mass is 10.1. The van der Waals surface area contributed by atoms with Crippen molar-refractivity contribution in [3.05, 3.63) is 45.9 Å². The fourth-order valence-corrected chi connectivity index (χ4v) is 3.93. The Kier molecular flexibility index (Phi) is 5.69. The molecule has 0 atom stereocenters. The Balaban J connectivity index is 1.48. The van der Waals surface area contributed by atoms with Crippen molar-refractivity contribution in [2.75, 3.05) is 12.4 Å². The second kappa shape index (κ2) is 8.15. The topological polar surface area (TPSA) is 63.2 Å². The zero-order valence-corrected chi connectivity index (χ0v) is 14.7. The van der Waals surface area contributed by atoms with Gasteiger partial charge < -0.3 is 15.4 Å². The molecule has 3 rings (SSSR count). The van der Waals surface area contributed by atoms with E-state index in [1.807, 2.05) is 24.3 Å². The van der Waals surface area contributed by atoms with Gasteiger partial charge in [0.25, 0.3) is 0 Å². The summed E-state index contributed by atoms with van der Waals surface area (Å²) in [4.78, 5) is 15.8. The molecule has 0 saturated heterocycles. The molecule has 1 aliphatic rings. The lowest BCUT2D eigenvalue weighted by molar-refractivity contribution is 0.170. The Labute approximate surface area is 146 Å². The molecule has 2 aromatic rings. The van der Waals surface area contributed by atoms with E-state index in [1.165, 1.54) is 37.8 Å². The molecule has 1 aliphatic carbocycles. The van der Waals surface area contributed by atoms with E-state index in [9.17, 15) is 4.79 Å². The highest BCUT2D eigenvalue weighted by molar-refractivity contribution is 7.09. The molecule has 1 heterocycles. The van der Waals surface area contributed by atoms with Gasteiger partial charge in [0.1, 0.15) is 0 Å². The highest BCUT2D eigenvalue weighted by Gasteiger charge is 2.19. The van der Waals surface area contributed by atoms with Crippen molar-refractivity contribution in [1.82, 2.24) is 10.3 Å². The molecule has 0 radical (unpaired) electrons. The normalized spacial score (nSPS) is 14.5. The number of amides is 1. The number of ether oxygens (including phenoxy) is 1. The van der Waals surface area contributed by atoms with Crippen molar-refractivity contribution < 1.29 is 9.53 Å². The molecule has 1 amide bonds. The third-order valence-corrected chi connectivity index (χ3v) is 5.38. The van der Waals surface area contributed by atoms with Crippen LogP contribution in [-0.4, -0.2) is 18.2 Å². The number of benzene rings is 1. The van der Waals surface area contributed by atoms with Crippen molar-refractivity contribution in [3.63, 3.8) is 0 Å². The van der Waals surface area contributed by atoms with Gasteiger partial charge in [-0.15, -0.1) is 11.3 Å². The fraction of sp³-hybridized carbons (Fsp3) is 0.444. The van der Waals surface area contributed by atoms with Crippen molar-refractivity contribution >= 4 is 23.1 Å². The number of alkyl carbamates (subject to hydrolysis) is 1. The van der Waals surface area contributed by atoms with Crippen LogP contribution in [0.3, 0.4) is 0 Å². The number of anilines is 1. The van der Waals surface area contributed by atoms with E-state index in [2.05, 4.69) is 20.8 Å². The zero-order valence-electron chi connectivity index (χ0n) is 13.9. The number of aromatic nitrogens is 1. The van der Waals surface area contributed by atoms with Crippen molar-refractivity contribution in [3.8, 4) is 0 Å². The quantitative estimate of drug-likeness (QED) is 0.821. The molecule has 1 saturated carbocycles. The van der Waals surface area contributed by atoms with E-state index in [0.29, 0.717) is 12.5 Å². The summed E-state index contributed by atoms with van der Waals surface area (Å²) < 4.78 is 4.55. The van der Waals surface area contributed by atoms with Gasteiger partial charge >= 0.3 is 6.09 Å². The highest BCUT2D eigenvalue weighted by atomic mass is 32.1. The van der Waals surface area contributed by atoms with Gasteiger partial charge in [0.05, 0.1) is 24.4 Å². The molecule has 6 heteroatoms. The first-order valence-corrected chi connectivity index (χ1v) is 9.21. The van der Waals surface area contributed by atoms with E-state index >= 15 is 0 Å². The molecule has 24 heavy (non-hydrogen) atoms. The molecular formula is C18H23N3O2S. The predicted molar refractivity (Wildman–Crippen MR) is 96.3 cm³/mol. The average molecular weight is 345 g/mol. The molecule has 128 valence electrons. The largest absolute Gasteiger partial charge is 0.453 e. The smallest absolute Gasteiger partial charge is 0.407 e. The number of nitrogens with one attached hydrogen (secondary N) is 2. The van der Waals surface area contributed by atoms with E-state index in [1.54, 1.807) is 11.3 Å². The van der Waals surface area contributed by atoms with E-state index in [4.69, 9.17) is 4.98 Å². The van der Waals surface area contributed by atoms with Crippen LogP contribution in [0.4, 0.5) is 10.5 Å². The maximum Gasteiger partial charge on any atom is 0.407 e. The van der Waals surface area contributed by atoms with Gasteiger partial charge in [-0.2, -0.15) is 0 Å². The lowest BCUT2D eigenvalue weighted by Gasteiger charge is -2.07. The summed E-state index contributed by atoms with van der Waals surface area (Å²) in [6, 6.07) is 8.00. The molecule has 0 unspecified atom stereocenters. The Morgan fingerprint density at radius 2 is 2.00 bits per heavy atom. The first-order chi connectivity index (χ1) is 11.7. The molecule has 1 aromatic heterocycles. The number of thiazole rings is 1. The summed E-state index contributed by atoms with van der Waals surface area (Å²) in [6.45, 7) is 1.20. The highest BCUT2D eigenvalue weighted by Crippen LogP contribution is 2.35. The summed E-state index contributed by atoms with van der Waals surface area (Å²) in [6.07, 6.45) is 4.85. The van der Waals surface area contributed by atoms with E-state index in [-0.39, 0.29) is 0 Å². The molecule has 1 aromatic carbocycles. The maximum absolute atomic E-state index is 11.1. The Hall–Kier alpha value is -2.08. The van der Waals surface area contributed by atoms with Gasteiger partial charge in [0.2, 0.25) is 0 Å². The van der Waals surface area contributed by atoms with Crippen molar-refractivity contribution in [2.24, 2.45) is 0 Å². The summed E-state index contributed by atoms with van der Waals surface area (Å²) >= 11 is 1.79. The molecule has 0 bridgehead atoms. The van der Waals surface area contributed by atoms with Crippen LogP contribution in [0.1, 0.15) is 47.9 Å².